The summed E-state index contributed by atoms with van der Waals surface area (Å²) < 4.78 is 5.21. The van der Waals surface area contributed by atoms with Crippen molar-refractivity contribution in [2.24, 2.45) is 11.7 Å². The van der Waals surface area contributed by atoms with Gasteiger partial charge in [0.15, 0.2) is 0 Å². The summed E-state index contributed by atoms with van der Waals surface area (Å²) in [5.41, 5.74) is 6.82. The van der Waals surface area contributed by atoms with E-state index in [0.29, 0.717) is 6.42 Å². The normalized spacial score (nSPS) is 12.3. The molecule has 0 saturated carbocycles. The number of carbonyl (C=O) groups is 1. The molecule has 152 valence electrons. The van der Waals surface area contributed by atoms with Crippen LogP contribution in [0.5, 0.6) is 0 Å². The van der Waals surface area contributed by atoms with Crippen molar-refractivity contribution >= 4 is 29.2 Å². The fourth-order valence-corrected chi connectivity index (χ4v) is 2.75. The van der Waals surface area contributed by atoms with E-state index < -0.39 is 0 Å². The van der Waals surface area contributed by atoms with Crippen molar-refractivity contribution in [2.45, 2.75) is 38.6 Å². The van der Waals surface area contributed by atoms with Gasteiger partial charge in [-0.25, -0.2) is 0 Å². The van der Waals surface area contributed by atoms with Crippen LogP contribution in [-0.2, 0) is 16.0 Å². The summed E-state index contributed by atoms with van der Waals surface area (Å²) in [4.78, 5) is 12.0. The van der Waals surface area contributed by atoms with Gasteiger partial charge in [-0.05, 0) is 62.4 Å². The Hall–Kier alpha value is -1.81. The second kappa shape index (κ2) is 14.2. The number of hydrogen-bond donors (Lipinski definition) is 1. The lowest BCUT2D eigenvalue weighted by Crippen LogP contribution is -2.27. The molecule has 0 aliphatic heterocycles. The fraction of sp³-hybridized carbons (Fsp3) is 0.348. The van der Waals surface area contributed by atoms with Gasteiger partial charge in [0.25, 0.3) is 0 Å². The minimum Gasteiger partial charge on any atom is -0.464 e. The summed E-state index contributed by atoms with van der Waals surface area (Å²) in [6.45, 7) is 5.79. The molecule has 0 radical (unpaired) electrons. The zero-order chi connectivity index (χ0) is 20.8. The standard InChI is InChI=1S/C17H24ClNO2.C6H5Cl/c1-3-5-15(17(20)21-12-13(2)19)7-4-6-14-8-10-16(18)11-9-14;7-6-4-2-1-3-5-6/h3,8-11,13,15H,1,4-7,12,19H2,2H3;1-5H. The summed E-state index contributed by atoms with van der Waals surface area (Å²) in [7, 11) is 0. The molecule has 2 unspecified atom stereocenters. The van der Waals surface area contributed by atoms with Gasteiger partial charge >= 0.3 is 5.97 Å². The molecule has 2 rings (SSSR count). The highest BCUT2D eigenvalue weighted by molar-refractivity contribution is 6.30. The number of esters is 1. The maximum atomic E-state index is 12.0. The topological polar surface area (TPSA) is 52.3 Å². The molecule has 0 aliphatic carbocycles. The first-order valence-corrected chi connectivity index (χ1v) is 10.2. The first-order valence-electron chi connectivity index (χ1n) is 9.40. The van der Waals surface area contributed by atoms with E-state index in [-0.39, 0.29) is 24.5 Å². The molecule has 2 N–H and O–H groups in total. The molecule has 0 fully saturated rings. The van der Waals surface area contributed by atoms with Crippen molar-refractivity contribution in [3.05, 3.63) is 82.9 Å². The highest BCUT2D eigenvalue weighted by Gasteiger charge is 2.18. The summed E-state index contributed by atoms with van der Waals surface area (Å²) in [6.07, 6.45) is 5.03. The van der Waals surface area contributed by atoms with Gasteiger partial charge in [-0.2, -0.15) is 0 Å². The fourth-order valence-electron chi connectivity index (χ4n) is 2.48. The third kappa shape index (κ3) is 11.1. The van der Waals surface area contributed by atoms with E-state index in [1.54, 1.807) is 6.08 Å². The lowest BCUT2D eigenvalue weighted by molar-refractivity contribution is -0.149. The third-order valence-corrected chi connectivity index (χ3v) is 4.44. The molecular weight excluding hydrogens is 393 g/mol. The third-order valence-electron chi connectivity index (χ3n) is 3.94. The Balaban J connectivity index is 0.000000467. The highest BCUT2D eigenvalue weighted by atomic mass is 35.5. The van der Waals surface area contributed by atoms with Crippen LogP contribution in [0.4, 0.5) is 0 Å². The van der Waals surface area contributed by atoms with Gasteiger partial charge in [-0.1, -0.05) is 59.6 Å². The largest absolute Gasteiger partial charge is 0.464 e. The molecule has 0 spiro atoms. The number of halogens is 2. The number of aryl methyl sites for hydroxylation is 1. The molecular formula is C23H29Cl2NO2. The van der Waals surface area contributed by atoms with E-state index >= 15 is 0 Å². The second-order valence-electron chi connectivity index (χ2n) is 6.64. The van der Waals surface area contributed by atoms with Crippen LogP contribution in [0.15, 0.2) is 67.3 Å². The number of ether oxygens (including phenoxy) is 1. The van der Waals surface area contributed by atoms with Crippen LogP contribution < -0.4 is 5.73 Å². The van der Waals surface area contributed by atoms with Crippen molar-refractivity contribution < 1.29 is 9.53 Å². The highest BCUT2D eigenvalue weighted by Crippen LogP contribution is 2.17. The van der Waals surface area contributed by atoms with Crippen LogP contribution in [0, 0.1) is 5.92 Å². The predicted molar refractivity (Wildman–Crippen MR) is 119 cm³/mol. The van der Waals surface area contributed by atoms with E-state index in [1.807, 2.05) is 61.5 Å². The van der Waals surface area contributed by atoms with Gasteiger partial charge in [-0.15, -0.1) is 6.58 Å². The average Bonchev–Trinajstić information content (AvgIpc) is 2.68. The van der Waals surface area contributed by atoms with Gasteiger partial charge in [0.1, 0.15) is 6.61 Å². The molecule has 0 bridgehead atoms. The van der Waals surface area contributed by atoms with E-state index in [1.165, 1.54) is 5.56 Å². The predicted octanol–water partition coefficient (Wildman–Crippen LogP) is 6.09. The van der Waals surface area contributed by atoms with Crippen molar-refractivity contribution in [3.8, 4) is 0 Å². The van der Waals surface area contributed by atoms with Crippen LogP contribution in [0.3, 0.4) is 0 Å². The molecule has 0 aromatic heterocycles. The maximum Gasteiger partial charge on any atom is 0.309 e. The number of hydrogen-bond acceptors (Lipinski definition) is 3. The monoisotopic (exact) mass is 421 g/mol. The quantitative estimate of drug-likeness (QED) is 0.393. The van der Waals surface area contributed by atoms with Gasteiger partial charge in [-0.3, -0.25) is 4.79 Å². The van der Waals surface area contributed by atoms with Gasteiger partial charge in [0, 0.05) is 16.1 Å². The van der Waals surface area contributed by atoms with Crippen molar-refractivity contribution in [2.75, 3.05) is 6.61 Å². The summed E-state index contributed by atoms with van der Waals surface area (Å²) in [5, 5.41) is 1.53. The summed E-state index contributed by atoms with van der Waals surface area (Å²) in [5.74, 6) is -0.308. The molecule has 2 atom stereocenters. The minimum absolute atomic E-state index is 0.131. The van der Waals surface area contributed by atoms with E-state index in [4.69, 9.17) is 33.7 Å². The van der Waals surface area contributed by atoms with Crippen LogP contribution in [0.25, 0.3) is 0 Å². The first-order chi connectivity index (χ1) is 13.4. The van der Waals surface area contributed by atoms with E-state index in [9.17, 15) is 4.79 Å². The Morgan fingerprint density at radius 2 is 1.71 bits per heavy atom. The van der Waals surface area contributed by atoms with Crippen LogP contribution in [0.1, 0.15) is 31.7 Å². The first kappa shape index (κ1) is 24.2. The molecule has 0 heterocycles. The molecule has 2 aromatic rings. The van der Waals surface area contributed by atoms with Crippen LogP contribution in [0.2, 0.25) is 10.0 Å². The zero-order valence-electron chi connectivity index (χ0n) is 16.3. The summed E-state index contributed by atoms with van der Waals surface area (Å²) >= 11 is 11.4. The number of carbonyl (C=O) groups excluding carboxylic acids is 1. The van der Waals surface area contributed by atoms with E-state index in [0.717, 1.165) is 29.3 Å². The Labute approximate surface area is 178 Å². The number of allylic oxidation sites excluding steroid dienone is 1. The maximum absolute atomic E-state index is 12.0. The molecule has 0 amide bonds. The van der Waals surface area contributed by atoms with Gasteiger partial charge < -0.3 is 10.5 Å². The molecule has 3 nitrogen and oxygen atoms in total. The van der Waals surface area contributed by atoms with Crippen molar-refractivity contribution in [1.29, 1.82) is 0 Å². The number of nitrogens with two attached hydrogens (primary N) is 1. The molecule has 2 aromatic carbocycles. The molecule has 0 aliphatic rings. The summed E-state index contributed by atoms with van der Waals surface area (Å²) in [6, 6.07) is 17.1. The second-order valence-corrected chi connectivity index (χ2v) is 7.52. The van der Waals surface area contributed by atoms with Gasteiger partial charge in [0.2, 0.25) is 0 Å². The average molecular weight is 422 g/mol. The number of benzene rings is 2. The molecule has 28 heavy (non-hydrogen) atoms. The van der Waals surface area contributed by atoms with Gasteiger partial charge in [0.05, 0.1) is 5.92 Å². The van der Waals surface area contributed by atoms with Crippen molar-refractivity contribution in [3.63, 3.8) is 0 Å². The molecule has 0 saturated heterocycles. The Bertz CT molecular complexity index is 688. The van der Waals surface area contributed by atoms with E-state index in [2.05, 4.69) is 6.58 Å². The Morgan fingerprint density at radius 3 is 2.21 bits per heavy atom. The minimum atomic E-state index is -0.177. The lowest BCUT2D eigenvalue weighted by atomic mass is 9.96. The van der Waals surface area contributed by atoms with Crippen molar-refractivity contribution in [1.82, 2.24) is 0 Å². The Morgan fingerprint density at radius 1 is 1.11 bits per heavy atom. The smallest absolute Gasteiger partial charge is 0.309 e. The lowest BCUT2D eigenvalue weighted by Gasteiger charge is -2.15. The SMILES string of the molecule is C=CCC(CCCc1ccc(Cl)cc1)C(=O)OCC(C)N.Clc1ccccc1. The van der Waals surface area contributed by atoms with Crippen LogP contribution in [-0.4, -0.2) is 18.6 Å². The zero-order valence-corrected chi connectivity index (χ0v) is 17.8. The van der Waals surface area contributed by atoms with Crippen LogP contribution >= 0.6 is 23.2 Å². The molecule has 5 heteroatoms. The Kier molecular flexibility index (Phi) is 12.3. The number of rotatable bonds is 9.